The minimum Gasteiger partial charge on any atom is -0.230 e. The Hall–Kier alpha value is -1.90. The molecule has 0 saturated heterocycles. The number of hydrogen-bond donors (Lipinski definition) is 0. The summed E-state index contributed by atoms with van der Waals surface area (Å²) in [4.78, 5) is 0. The second-order valence-electron chi connectivity index (χ2n) is 5.47. The summed E-state index contributed by atoms with van der Waals surface area (Å²) < 4.78 is 211. The van der Waals surface area contributed by atoms with E-state index in [0.29, 0.717) is 0 Å². The van der Waals surface area contributed by atoms with Crippen LogP contribution < -0.4 is 0 Å². The zero-order valence-electron chi connectivity index (χ0n) is 12.0. The van der Waals surface area contributed by atoms with Crippen molar-refractivity contribution >= 4 is 0 Å². The van der Waals surface area contributed by atoms with E-state index in [4.69, 9.17) is 0 Å². The highest BCUT2D eigenvalue weighted by atomic mass is 19.4. The van der Waals surface area contributed by atoms with Gasteiger partial charge in [-0.3, -0.25) is 0 Å². The predicted octanol–water partition coefficient (Wildman–Crippen LogP) is 5.98. The van der Waals surface area contributed by atoms with Crippen molar-refractivity contribution in [2.45, 2.75) is 35.5 Å². The average molecular weight is 448 g/mol. The molecule has 1 aliphatic carbocycles. The Morgan fingerprint density at radius 3 is 1.00 bits per heavy atom. The molecule has 0 aromatic heterocycles. The first-order chi connectivity index (χ1) is 12.1. The maximum Gasteiger partial charge on any atom is 0.435 e. The van der Waals surface area contributed by atoms with Crippen LogP contribution in [0.5, 0.6) is 0 Å². The van der Waals surface area contributed by atoms with Crippen LogP contribution >= 0.6 is 0 Å². The molecule has 2 atom stereocenters. The third-order valence-corrected chi connectivity index (χ3v) is 4.08. The van der Waals surface area contributed by atoms with E-state index in [9.17, 15) is 70.2 Å². The summed E-state index contributed by atoms with van der Waals surface area (Å²) in [5, 5.41) is 0. The summed E-state index contributed by atoms with van der Waals surface area (Å²) in [6.45, 7) is 0. The predicted molar refractivity (Wildman–Crippen MR) is 53.8 cm³/mol. The van der Waals surface area contributed by atoms with Crippen LogP contribution in [0, 0.1) is 23.3 Å². The van der Waals surface area contributed by atoms with Gasteiger partial charge in [0.2, 0.25) is 5.67 Å². The van der Waals surface area contributed by atoms with Crippen LogP contribution in [-0.4, -0.2) is 24.2 Å². The molecule has 0 aliphatic heterocycles. The number of benzene rings is 1. The second kappa shape index (κ2) is 5.37. The number of rotatable bonds is 1. The van der Waals surface area contributed by atoms with Gasteiger partial charge in [-0.2, -0.15) is 39.5 Å². The lowest BCUT2D eigenvalue weighted by Gasteiger charge is -2.55. The Kier molecular flexibility index (Phi) is 4.29. The molecule has 0 spiro atoms. The first kappa shape index (κ1) is 22.4. The molecule has 16 heteroatoms. The molecule has 0 bridgehead atoms. The highest BCUT2D eigenvalue weighted by molar-refractivity contribution is 5.57. The minimum absolute atomic E-state index is 3.31. The van der Waals surface area contributed by atoms with Crippen LogP contribution in [0.2, 0.25) is 0 Å². The lowest BCUT2D eigenvalue weighted by atomic mass is 9.55. The summed E-state index contributed by atoms with van der Waals surface area (Å²) >= 11 is 0. The Bertz CT molecular complexity index is 814. The van der Waals surface area contributed by atoms with Crippen molar-refractivity contribution in [1.29, 1.82) is 0 Å². The summed E-state index contributed by atoms with van der Waals surface area (Å²) in [5.41, 5.74) is -28.9. The molecular weight excluding hydrogens is 448 g/mol. The summed E-state index contributed by atoms with van der Waals surface area (Å²) in [7, 11) is 0. The molecule has 0 N–H and O–H groups in total. The van der Waals surface area contributed by atoms with Crippen molar-refractivity contribution in [2.24, 2.45) is 0 Å². The number of halogens is 16. The van der Waals surface area contributed by atoms with Crippen LogP contribution in [0.25, 0.3) is 0 Å². The normalized spacial score (nSPS) is 26.1. The van der Waals surface area contributed by atoms with Gasteiger partial charge in [-0.05, 0) is 0 Å². The maximum absolute atomic E-state index is 14.6. The van der Waals surface area contributed by atoms with Gasteiger partial charge < -0.3 is 0 Å². The van der Waals surface area contributed by atoms with Gasteiger partial charge in [0.05, 0.1) is 5.56 Å². The van der Waals surface area contributed by atoms with Crippen molar-refractivity contribution in [3.05, 3.63) is 34.4 Å². The topological polar surface area (TPSA) is 0 Å². The van der Waals surface area contributed by atoms with Gasteiger partial charge in [-0.15, -0.1) is 0 Å². The van der Waals surface area contributed by atoms with Gasteiger partial charge in [0.1, 0.15) is 0 Å². The van der Waals surface area contributed by atoms with Gasteiger partial charge in [0.25, 0.3) is 5.67 Å². The van der Waals surface area contributed by atoms with Crippen molar-refractivity contribution in [1.82, 2.24) is 0 Å². The van der Waals surface area contributed by atoms with Gasteiger partial charge >= 0.3 is 24.2 Å². The second-order valence-corrected chi connectivity index (χ2v) is 5.47. The fourth-order valence-corrected chi connectivity index (χ4v) is 2.86. The molecule has 0 heterocycles. The third kappa shape index (κ3) is 2.06. The largest absolute Gasteiger partial charge is 0.435 e. The fraction of sp³-hybridized carbons (Fsp3) is 0.500. The Morgan fingerprint density at radius 1 is 0.464 bits per heavy atom. The van der Waals surface area contributed by atoms with E-state index in [0.717, 1.165) is 0 Å². The third-order valence-electron chi connectivity index (χ3n) is 4.08. The quantitative estimate of drug-likeness (QED) is 0.282. The van der Waals surface area contributed by atoms with Crippen LogP contribution in [0.4, 0.5) is 70.2 Å². The summed E-state index contributed by atoms with van der Waals surface area (Å²) in [6, 6.07) is 0. The number of hydrogen-bond acceptors (Lipinski definition) is 0. The monoisotopic (exact) mass is 448 g/mol. The molecule has 0 fully saturated rings. The molecule has 28 heavy (non-hydrogen) atoms. The lowest BCUT2D eigenvalue weighted by molar-refractivity contribution is -0.428. The van der Waals surface area contributed by atoms with Crippen molar-refractivity contribution < 1.29 is 70.2 Å². The fourth-order valence-electron chi connectivity index (χ4n) is 2.86. The molecule has 160 valence electrons. The Morgan fingerprint density at radius 2 is 0.750 bits per heavy atom. The molecule has 0 saturated carbocycles. The zero-order chi connectivity index (χ0) is 22.5. The number of alkyl halides is 12. The maximum atomic E-state index is 14.6. The van der Waals surface area contributed by atoms with Crippen molar-refractivity contribution in [2.75, 3.05) is 0 Å². The molecule has 1 aromatic carbocycles. The smallest absolute Gasteiger partial charge is 0.230 e. The van der Waals surface area contributed by atoms with Crippen LogP contribution in [-0.2, 0) is 11.3 Å². The van der Waals surface area contributed by atoms with E-state index >= 15 is 0 Å². The first-order valence-corrected chi connectivity index (χ1v) is 6.27. The molecule has 0 amide bonds. The van der Waals surface area contributed by atoms with Crippen molar-refractivity contribution in [3.63, 3.8) is 0 Å². The standard InChI is InChI=1S/C12F16/c13-3-1-2(4(14)6(16)5(3)15)8(18,10(20,21)22)7(1,17)9(19,11(23,24)25)12(26,27)28. The highest BCUT2D eigenvalue weighted by Crippen LogP contribution is 2.75. The van der Waals surface area contributed by atoms with Gasteiger partial charge in [-0.1, -0.05) is 0 Å². The van der Waals surface area contributed by atoms with E-state index in [1.165, 1.54) is 0 Å². The minimum atomic E-state index is -7.85. The highest BCUT2D eigenvalue weighted by Gasteiger charge is 2.97. The Balaban J connectivity index is 3.17. The van der Waals surface area contributed by atoms with E-state index in [1.807, 2.05) is 0 Å². The van der Waals surface area contributed by atoms with Crippen LogP contribution in [0.15, 0.2) is 0 Å². The van der Waals surface area contributed by atoms with Gasteiger partial charge in [0, 0.05) is 5.56 Å². The van der Waals surface area contributed by atoms with Crippen LogP contribution in [0.3, 0.4) is 0 Å². The van der Waals surface area contributed by atoms with E-state index < -0.39 is 69.9 Å². The van der Waals surface area contributed by atoms with Crippen LogP contribution in [0.1, 0.15) is 11.1 Å². The molecular formula is C12F16. The molecule has 2 rings (SSSR count). The van der Waals surface area contributed by atoms with Crippen molar-refractivity contribution in [3.8, 4) is 0 Å². The summed E-state index contributed by atoms with van der Waals surface area (Å²) in [6.07, 6.45) is -22.8. The van der Waals surface area contributed by atoms with E-state index in [-0.39, 0.29) is 0 Å². The zero-order valence-corrected chi connectivity index (χ0v) is 12.0. The lowest BCUT2D eigenvalue weighted by Crippen LogP contribution is -2.78. The van der Waals surface area contributed by atoms with Gasteiger partial charge in [0.15, 0.2) is 23.3 Å². The molecule has 2 unspecified atom stereocenters. The first-order valence-electron chi connectivity index (χ1n) is 6.27. The molecule has 1 aromatic rings. The Labute approximate surface area is 141 Å². The van der Waals surface area contributed by atoms with E-state index in [1.54, 1.807) is 0 Å². The van der Waals surface area contributed by atoms with Gasteiger partial charge in [-0.25, -0.2) is 30.7 Å². The summed E-state index contributed by atoms with van der Waals surface area (Å²) in [5.74, 6) is -13.8. The number of fused-ring (bicyclic) bond motifs is 1. The van der Waals surface area contributed by atoms with E-state index in [2.05, 4.69) is 0 Å². The molecule has 1 aliphatic rings. The molecule has 0 nitrogen and oxygen atoms in total. The average Bonchev–Trinajstić information content (AvgIpc) is 2.50. The SMILES string of the molecule is Fc1c(F)c(F)c2c(c1F)C(F)(C(F)(F)F)C2(F)C(F)(C(F)(F)F)C(F)(F)F. The molecule has 0 radical (unpaired) electrons.